The Morgan fingerprint density at radius 2 is 2.07 bits per heavy atom. The van der Waals surface area contributed by atoms with Gasteiger partial charge in [-0.2, -0.15) is 0 Å². The molecule has 84 valence electrons. The third-order valence-corrected chi connectivity index (χ3v) is 2.18. The minimum Gasteiger partial charge on any atom is -0.497 e. The second kappa shape index (κ2) is 6.30. The van der Waals surface area contributed by atoms with E-state index in [-0.39, 0.29) is 6.10 Å². The van der Waals surface area contributed by atoms with Gasteiger partial charge in [0.05, 0.1) is 13.2 Å². The lowest BCUT2D eigenvalue weighted by Gasteiger charge is -2.14. The monoisotopic (exact) mass is 209 g/mol. The van der Waals surface area contributed by atoms with Gasteiger partial charge < -0.3 is 14.8 Å². The molecule has 0 aliphatic rings. The van der Waals surface area contributed by atoms with Crippen molar-refractivity contribution < 1.29 is 9.47 Å². The zero-order valence-corrected chi connectivity index (χ0v) is 9.62. The summed E-state index contributed by atoms with van der Waals surface area (Å²) in [6.45, 7) is 3.03. The van der Waals surface area contributed by atoms with Crippen molar-refractivity contribution in [3.63, 3.8) is 0 Å². The molecule has 3 heteroatoms. The number of rotatable bonds is 6. The van der Waals surface area contributed by atoms with Gasteiger partial charge in [0.25, 0.3) is 0 Å². The van der Waals surface area contributed by atoms with Crippen LogP contribution in [0.5, 0.6) is 11.5 Å². The predicted octanol–water partition coefficient (Wildman–Crippen LogP) is 2.07. The molecule has 1 aromatic carbocycles. The lowest BCUT2D eigenvalue weighted by Crippen LogP contribution is -2.19. The number of hydrogen-bond acceptors (Lipinski definition) is 3. The SMILES string of the molecule is CNCCC(C)Oc1cccc(OC)c1. The molecule has 3 nitrogen and oxygen atoms in total. The van der Waals surface area contributed by atoms with E-state index in [0.717, 1.165) is 24.5 Å². The average molecular weight is 209 g/mol. The van der Waals surface area contributed by atoms with Crippen LogP contribution in [0.2, 0.25) is 0 Å². The second-order valence-corrected chi connectivity index (χ2v) is 3.50. The normalized spacial score (nSPS) is 12.2. The lowest BCUT2D eigenvalue weighted by molar-refractivity contribution is 0.210. The highest BCUT2D eigenvalue weighted by Crippen LogP contribution is 2.20. The van der Waals surface area contributed by atoms with Gasteiger partial charge in [0.2, 0.25) is 0 Å². The Bertz CT molecular complexity index is 289. The molecule has 0 radical (unpaired) electrons. The summed E-state index contributed by atoms with van der Waals surface area (Å²) in [5, 5.41) is 3.10. The van der Waals surface area contributed by atoms with E-state index in [1.54, 1.807) is 7.11 Å². The fraction of sp³-hybridized carbons (Fsp3) is 0.500. The molecule has 0 bridgehead atoms. The van der Waals surface area contributed by atoms with Crippen molar-refractivity contribution >= 4 is 0 Å². The van der Waals surface area contributed by atoms with E-state index in [2.05, 4.69) is 12.2 Å². The van der Waals surface area contributed by atoms with Crippen LogP contribution in [0.3, 0.4) is 0 Å². The Labute approximate surface area is 91.4 Å². The first-order valence-electron chi connectivity index (χ1n) is 5.21. The molecule has 1 rings (SSSR count). The van der Waals surface area contributed by atoms with Gasteiger partial charge in [0.1, 0.15) is 11.5 Å². The van der Waals surface area contributed by atoms with Gasteiger partial charge in [-0.3, -0.25) is 0 Å². The molecule has 0 saturated carbocycles. The van der Waals surface area contributed by atoms with E-state index in [1.165, 1.54) is 0 Å². The molecule has 1 N–H and O–H groups in total. The van der Waals surface area contributed by atoms with Crippen molar-refractivity contribution in [3.8, 4) is 11.5 Å². The number of ether oxygens (including phenoxy) is 2. The molecule has 0 heterocycles. The van der Waals surface area contributed by atoms with Gasteiger partial charge >= 0.3 is 0 Å². The smallest absolute Gasteiger partial charge is 0.123 e. The molecular weight excluding hydrogens is 190 g/mol. The summed E-state index contributed by atoms with van der Waals surface area (Å²) in [4.78, 5) is 0. The van der Waals surface area contributed by atoms with Gasteiger partial charge in [0, 0.05) is 6.07 Å². The Morgan fingerprint density at radius 3 is 2.73 bits per heavy atom. The van der Waals surface area contributed by atoms with Crippen LogP contribution in [0, 0.1) is 0 Å². The van der Waals surface area contributed by atoms with Gasteiger partial charge in [0.15, 0.2) is 0 Å². The minimum absolute atomic E-state index is 0.213. The van der Waals surface area contributed by atoms with Crippen molar-refractivity contribution in [1.29, 1.82) is 0 Å². The Morgan fingerprint density at radius 1 is 1.33 bits per heavy atom. The first kappa shape index (κ1) is 11.9. The molecule has 15 heavy (non-hydrogen) atoms. The summed E-state index contributed by atoms with van der Waals surface area (Å²) in [7, 11) is 3.60. The van der Waals surface area contributed by atoms with Gasteiger partial charge in [-0.25, -0.2) is 0 Å². The Balaban J connectivity index is 2.48. The maximum atomic E-state index is 5.74. The third-order valence-electron chi connectivity index (χ3n) is 2.18. The maximum Gasteiger partial charge on any atom is 0.123 e. The molecule has 1 aromatic rings. The molecule has 1 unspecified atom stereocenters. The minimum atomic E-state index is 0.213. The summed E-state index contributed by atoms with van der Waals surface area (Å²) in [6.07, 6.45) is 1.21. The zero-order chi connectivity index (χ0) is 11.1. The Hall–Kier alpha value is -1.22. The van der Waals surface area contributed by atoms with E-state index >= 15 is 0 Å². The third kappa shape index (κ3) is 4.21. The largest absolute Gasteiger partial charge is 0.497 e. The highest BCUT2D eigenvalue weighted by molar-refractivity contribution is 5.32. The van der Waals surface area contributed by atoms with E-state index in [0.29, 0.717) is 0 Å². The summed E-state index contributed by atoms with van der Waals surface area (Å²) in [6, 6.07) is 7.68. The second-order valence-electron chi connectivity index (χ2n) is 3.50. The molecule has 0 fully saturated rings. The summed E-state index contributed by atoms with van der Waals surface area (Å²) in [5.41, 5.74) is 0. The molecule has 0 amide bonds. The van der Waals surface area contributed by atoms with Crippen molar-refractivity contribution in [2.45, 2.75) is 19.4 Å². The van der Waals surface area contributed by atoms with E-state index in [4.69, 9.17) is 9.47 Å². The number of methoxy groups -OCH3 is 1. The number of hydrogen-bond donors (Lipinski definition) is 1. The van der Waals surface area contributed by atoms with E-state index in [1.807, 2.05) is 31.3 Å². The topological polar surface area (TPSA) is 30.5 Å². The van der Waals surface area contributed by atoms with Gasteiger partial charge in [-0.1, -0.05) is 6.07 Å². The predicted molar refractivity (Wildman–Crippen MR) is 61.6 cm³/mol. The highest BCUT2D eigenvalue weighted by atomic mass is 16.5. The van der Waals surface area contributed by atoms with Crippen LogP contribution in [0.15, 0.2) is 24.3 Å². The van der Waals surface area contributed by atoms with Crippen molar-refractivity contribution in [2.75, 3.05) is 20.7 Å². The molecule has 0 aromatic heterocycles. The van der Waals surface area contributed by atoms with Crippen molar-refractivity contribution in [2.24, 2.45) is 0 Å². The van der Waals surface area contributed by atoms with Crippen LogP contribution in [-0.4, -0.2) is 26.8 Å². The summed E-state index contributed by atoms with van der Waals surface area (Å²) >= 11 is 0. The van der Waals surface area contributed by atoms with Gasteiger partial charge in [-0.05, 0) is 39.1 Å². The fourth-order valence-corrected chi connectivity index (χ4v) is 1.31. The Kier molecular flexibility index (Phi) is 4.98. The average Bonchev–Trinajstić information content (AvgIpc) is 2.26. The van der Waals surface area contributed by atoms with Crippen LogP contribution >= 0.6 is 0 Å². The van der Waals surface area contributed by atoms with Crippen LogP contribution < -0.4 is 14.8 Å². The van der Waals surface area contributed by atoms with Crippen molar-refractivity contribution in [1.82, 2.24) is 5.32 Å². The van der Waals surface area contributed by atoms with Crippen LogP contribution in [0.4, 0.5) is 0 Å². The standard InChI is InChI=1S/C12H19NO2/c1-10(7-8-13-2)15-12-6-4-5-11(9-12)14-3/h4-6,9-10,13H,7-8H2,1-3H3. The molecule has 0 aliphatic heterocycles. The van der Waals surface area contributed by atoms with E-state index in [9.17, 15) is 0 Å². The van der Waals surface area contributed by atoms with Crippen molar-refractivity contribution in [3.05, 3.63) is 24.3 Å². The first-order chi connectivity index (χ1) is 7.26. The molecule has 0 spiro atoms. The fourth-order valence-electron chi connectivity index (χ4n) is 1.31. The van der Waals surface area contributed by atoms with Crippen LogP contribution in [-0.2, 0) is 0 Å². The quantitative estimate of drug-likeness (QED) is 0.778. The number of nitrogens with one attached hydrogen (secondary N) is 1. The first-order valence-corrected chi connectivity index (χ1v) is 5.21. The maximum absolute atomic E-state index is 5.74. The van der Waals surface area contributed by atoms with Crippen LogP contribution in [0.1, 0.15) is 13.3 Å². The molecule has 0 aliphatic carbocycles. The van der Waals surface area contributed by atoms with E-state index < -0.39 is 0 Å². The lowest BCUT2D eigenvalue weighted by atomic mass is 10.2. The highest BCUT2D eigenvalue weighted by Gasteiger charge is 2.03. The zero-order valence-electron chi connectivity index (χ0n) is 9.62. The molecule has 0 saturated heterocycles. The van der Waals surface area contributed by atoms with Crippen LogP contribution in [0.25, 0.3) is 0 Å². The number of benzene rings is 1. The van der Waals surface area contributed by atoms with Gasteiger partial charge in [-0.15, -0.1) is 0 Å². The molecule has 1 atom stereocenters. The molecular formula is C12H19NO2. The summed E-state index contributed by atoms with van der Waals surface area (Å²) < 4.78 is 10.9. The summed E-state index contributed by atoms with van der Waals surface area (Å²) in [5.74, 6) is 1.69.